The summed E-state index contributed by atoms with van der Waals surface area (Å²) in [7, 11) is 0. The Kier molecular flexibility index (Phi) is 5.68. The molecule has 6 heteroatoms. The Balaban J connectivity index is 1.68. The van der Waals surface area contributed by atoms with E-state index in [2.05, 4.69) is 16.0 Å². The standard InChI is InChI=1S/C15H20FN3O2/c16-13-4-2-1-3-12(13)15(21)19-10-9-18-14(20)11-5-7-17-8-6-11/h1-4,11,17H,5-10H2,(H,18,20)(H,19,21). The Hall–Kier alpha value is -1.95. The Bertz CT molecular complexity index is 501. The third-order valence-corrected chi connectivity index (χ3v) is 3.54. The number of hydrogen-bond acceptors (Lipinski definition) is 3. The molecule has 0 spiro atoms. The van der Waals surface area contributed by atoms with E-state index in [1.807, 2.05) is 0 Å². The molecule has 1 aromatic rings. The van der Waals surface area contributed by atoms with Crippen LogP contribution in [0.1, 0.15) is 23.2 Å². The van der Waals surface area contributed by atoms with E-state index in [0.717, 1.165) is 25.9 Å². The minimum atomic E-state index is -0.547. The molecule has 0 bridgehead atoms. The van der Waals surface area contributed by atoms with Crippen molar-refractivity contribution in [3.05, 3.63) is 35.6 Å². The number of nitrogens with one attached hydrogen (secondary N) is 3. The van der Waals surface area contributed by atoms with Gasteiger partial charge in [-0.3, -0.25) is 9.59 Å². The molecule has 1 aliphatic rings. The summed E-state index contributed by atoms with van der Waals surface area (Å²) < 4.78 is 13.4. The van der Waals surface area contributed by atoms with E-state index in [0.29, 0.717) is 6.54 Å². The highest BCUT2D eigenvalue weighted by Gasteiger charge is 2.20. The molecule has 1 heterocycles. The number of carbonyl (C=O) groups is 2. The smallest absolute Gasteiger partial charge is 0.254 e. The molecule has 1 saturated heterocycles. The molecule has 0 atom stereocenters. The lowest BCUT2D eigenvalue weighted by Gasteiger charge is -2.21. The third kappa shape index (κ3) is 4.53. The molecule has 0 aromatic heterocycles. The van der Waals surface area contributed by atoms with E-state index < -0.39 is 11.7 Å². The summed E-state index contributed by atoms with van der Waals surface area (Å²) in [5.41, 5.74) is 0.0159. The lowest BCUT2D eigenvalue weighted by Crippen LogP contribution is -2.41. The van der Waals surface area contributed by atoms with Gasteiger partial charge in [-0.25, -0.2) is 4.39 Å². The van der Waals surface area contributed by atoms with Crippen LogP contribution in [0.3, 0.4) is 0 Å². The lowest BCUT2D eigenvalue weighted by atomic mass is 9.97. The molecule has 0 unspecified atom stereocenters. The molecular weight excluding hydrogens is 273 g/mol. The predicted molar refractivity (Wildman–Crippen MR) is 77.3 cm³/mol. The largest absolute Gasteiger partial charge is 0.354 e. The Morgan fingerprint density at radius 1 is 1.14 bits per heavy atom. The zero-order valence-corrected chi connectivity index (χ0v) is 11.8. The second-order valence-corrected chi connectivity index (χ2v) is 5.05. The first-order chi connectivity index (χ1) is 10.2. The van der Waals surface area contributed by atoms with Crippen molar-refractivity contribution in [2.24, 2.45) is 5.92 Å². The van der Waals surface area contributed by atoms with Gasteiger partial charge in [0.05, 0.1) is 5.56 Å². The van der Waals surface area contributed by atoms with E-state index in [9.17, 15) is 14.0 Å². The fourth-order valence-electron chi connectivity index (χ4n) is 2.33. The van der Waals surface area contributed by atoms with Gasteiger partial charge in [0.2, 0.25) is 5.91 Å². The monoisotopic (exact) mass is 293 g/mol. The maximum Gasteiger partial charge on any atom is 0.254 e. The van der Waals surface area contributed by atoms with Crippen molar-refractivity contribution >= 4 is 11.8 Å². The second kappa shape index (κ2) is 7.73. The number of piperidine rings is 1. The predicted octanol–water partition coefficient (Wildman–Crippen LogP) is 0.671. The minimum absolute atomic E-state index is 0.0159. The number of amides is 2. The molecule has 0 radical (unpaired) electrons. The number of rotatable bonds is 5. The fraction of sp³-hybridized carbons (Fsp3) is 0.467. The second-order valence-electron chi connectivity index (χ2n) is 5.05. The van der Waals surface area contributed by atoms with Crippen LogP contribution in [-0.4, -0.2) is 38.0 Å². The zero-order chi connectivity index (χ0) is 15.1. The molecule has 2 amide bonds. The van der Waals surface area contributed by atoms with Crippen LogP contribution in [0.25, 0.3) is 0 Å². The van der Waals surface area contributed by atoms with Crippen molar-refractivity contribution in [1.29, 1.82) is 0 Å². The highest BCUT2D eigenvalue weighted by molar-refractivity contribution is 5.94. The first kappa shape index (κ1) is 15.4. The van der Waals surface area contributed by atoms with Gasteiger partial charge >= 0.3 is 0 Å². The molecule has 1 aromatic carbocycles. The summed E-state index contributed by atoms with van der Waals surface area (Å²) in [6.07, 6.45) is 1.68. The highest BCUT2D eigenvalue weighted by Crippen LogP contribution is 2.11. The Labute approximate surface area is 123 Å². The fourth-order valence-corrected chi connectivity index (χ4v) is 2.33. The van der Waals surface area contributed by atoms with Crippen LogP contribution in [0.2, 0.25) is 0 Å². The molecule has 114 valence electrons. The van der Waals surface area contributed by atoms with Gasteiger partial charge in [-0.2, -0.15) is 0 Å². The van der Waals surface area contributed by atoms with Crippen molar-refractivity contribution in [3.63, 3.8) is 0 Å². The van der Waals surface area contributed by atoms with E-state index in [-0.39, 0.29) is 23.9 Å². The summed E-state index contributed by atoms with van der Waals surface area (Å²) in [6.45, 7) is 2.36. The van der Waals surface area contributed by atoms with Crippen molar-refractivity contribution in [1.82, 2.24) is 16.0 Å². The first-order valence-corrected chi connectivity index (χ1v) is 7.19. The van der Waals surface area contributed by atoms with Gasteiger partial charge in [-0.15, -0.1) is 0 Å². The molecule has 1 aliphatic heterocycles. The van der Waals surface area contributed by atoms with Crippen molar-refractivity contribution < 1.29 is 14.0 Å². The normalized spacial score (nSPS) is 15.5. The van der Waals surface area contributed by atoms with Gasteiger partial charge in [0, 0.05) is 19.0 Å². The molecule has 1 fully saturated rings. The van der Waals surface area contributed by atoms with Crippen LogP contribution >= 0.6 is 0 Å². The summed E-state index contributed by atoms with van der Waals surface area (Å²) in [4.78, 5) is 23.6. The number of hydrogen-bond donors (Lipinski definition) is 3. The van der Waals surface area contributed by atoms with E-state index in [1.165, 1.54) is 18.2 Å². The summed E-state index contributed by atoms with van der Waals surface area (Å²) in [5.74, 6) is -0.942. The van der Waals surface area contributed by atoms with Crippen LogP contribution in [0.5, 0.6) is 0 Å². The molecule has 0 aliphatic carbocycles. The average molecular weight is 293 g/mol. The molecule has 3 N–H and O–H groups in total. The molecular formula is C15H20FN3O2. The van der Waals surface area contributed by atoms with E-state index in [1.54, 1.807) is 6.07 Å². The molecule has 0 saturated carbocycles. The molecule has 2 rings (SSSR count). The summed E-state index contributed by atoms with van der Waals surface area (Å²) >= 11 is 0. The molecule has 21 heavy (non-hydrogen) atoms. The van der Waals surface area contributed by atoms with Gasteiger partial charge in [-0.05, 0) is 38.1 Å². The Morgan fingerprint density at radius 3 is 2.52 bits per heavy atom. The van der Waals surface area contributed by atoms with Crippen molar-refractivity contribution in [2.75, 3.05) is 26.2 Å². The van der Waals surface area contributed by atoms with E-state index in [4.69, 9.17) is 0 Å². The van der Waals surface area contributed by atoms with Gasteiger partial charge in [0.25, 0.3) is 5.91 Å². The number of halogens is 1. The average Bonchev–Trinajstić information content (AvgIpc) is 2.52. The zero-order valence-electron chi connectivity index (χ0n) is 11.8. The van der Waals surface area contributed by atoms with E-state index >= 15 is 0 Å². The Morgan fingerprint density at radius 2 is 1.81 bits per heavy atom. The lowest BCUT2D eigenvalue weighted by molar-refractivity contribution is -0.125. The van der Waals surface area contributed by atoms with Gasteiger partial charge in [0.1, 0.15) is 5.82 Å². The van der Waals surface area contributed by atoms with Crippen LogP contribution in [0.4, 0.5) is 4.39 Å². The van der Waals surface area contributed by atoms with Gasteiger partial charge in [0.15, 0.2) is 0 Å². The van der Waals surface area contributed by atoms with Crippen LogP contribution < -0.4 is 16.0 Å². The topological polar surface area (TPSA) is 70.2 Å². The number of carbonyl (C=O) groups excluding carboxylic acids is 2. The van der Waals surface area contributed by atoms with Crippen LogP contribution in [0.15, 0.2) is 24.3 Å². The van der Waals surface area contributed by atoms with Crippen LogP contribution in [-0.2, 0) is 4.79 Å². The first-order valence-electron chi connectivity index (χ1n) is 7.19. The van der Waals surface area contributed by atoms with Gasteiger partial charge in [-0.1, -0.05) is 12.1 Å². The number of benzene rings is 1. The maximum atomic E-state index is 13.4. The third-order valence-electron chi connectivity index (χ3n) is 3.54. The quantitative estimate of drug-likeness (QED) is 0.699. The minimum Gasteiger partial charge on any atom is -0.354 e. The molecule has 5 nitrogen and oxygen atoms in total. The SMILES string of the molecule is O=C(NCCNC(=O)C1CCNCC1)c1ccccc1F. The maximum absolute atomic E-state index is 13.4. The van der Waals surface area contributed by atoms with Gasteiger partial charge < -0.3 is 16.0 Å². The van der Waals surface area contributed by atoms with Crippen molar-refractivity contribution in [3.8, 4) is 0 Å². The van der Waals surface area contributed by atoms with Crippen molar-refractivity contribution in [2.45, 2.75) is 12.8 Å². The summed E-state index contributed by atoms with van der Waals surface area (Å²) in [5, 5.41) is 8.59. The highest BCUT2D eigenvalue weighted by atomic mass is 19.1. The summed E-state index contributed by atoms with van der Waals surface area (Å²) in [6, 6.07) is 5.81. The van der Waals surface area contributed by atoms with Crippen LogP contribution in [0, 0.1) is 11.7 Å².